The van der Waals surface area contributed by atoms with E-state index in [1.807, 2.05) is 24.3 Å². The van der Waals surface area contributed by atoms with Crippen molar-refractivity contribution >= 4 is 5.97 Å². The molecule has 0 heterocycles. The number of aliphatic hydroxyl groups excluding tert-OH is 1. The first-order valence-electron chi connectivity index (χ1n) is 4.84. The highest BCUT2D eigenvalue weighted by Crippen LogP contribution is 2.09. The van der Waals surface area contributed by atoms with Crippen LogP contribution in [0.5, 0.6) is 0 Å². The van der Waals surface area contributed by atoms with E-state index in [1.165, 1.54) is 0 Å². The average Bonchev–Trinajstić information content (AvgIpc) is 2.20. The van der Waals surface area contributed by atoms with E-state index >= 15 is 0 Å². The molecule has 0 saturated carbocycles. The minimum atomic E-state index is -0.829. The lowest BCUT2D eigenvalue weighted by Gasteiger charge is -2.08. The van der Waals surface area contributed by atoms with Gasteiger partial charge < -0.3 is 15.5 Å². The van der Waals surface area contributed by atoms with Gasteiger partial charge in [0.15, 0.2) is 0 Å². The van der Waals surface area contributed by atoms with Crippen LogP contribution in [0.1, 0.15) is 11.1 Å². The fourth-order valence-electron chi connectivity index (χ4n) is 1.37. The number of benzene rings is 1. The van der Waals surface area contributed by atoms with Crippen LogP contribution in [0, 0.1) is 0 Å². The fourth-order valence-corrected chi connectivity index (χ4v) is 1.37. The van der Waals surface area contributed by atoms with Crippen molar-refractivity contribution in [2.24, 2.45) is 0 Å². The molecule has 1 aromatic rings. The van der Waals surface area contributed by atoms with Crippen LogP contribution in [-0.2, 0) is 17.8 Å². The zero-order valence-corrected chi connectivity index (χ0v) is 8.44. The van der Waals surface area contributed by atoms with Crippen LogP contribution in [0.15, 0.2) is 24.3 Å². The predicted molar refractivity (Wildman–Crippen MR) is 56.6 cm³/mol. The smallest absolute Gasteiger partial charge is 0.307 e. The third-order valence-corrected chi connectivity index (χ3v) is 2.06. The van der Waals surface area contributed by atoms with E-state index in [0.29, 0.717) is 13.1 Å². The molecule has 82 valence electrons. The number of carbonyl (C=O) groups is 1. The highest BCUT2D eigenvalue weighted by molar-refractivity contribution is 5.70. The molecule has 0 aliphatic carbocycles. The second-order valence-electron chi connectivity index (χ2n) is 3.24. The van der Waals surface area contributed by atoms with E-state index in [2.05, 4.69) is 5.32 Å². The van der Waals surface area contributed by atoms with Crippen LogP contribution < -0.4 is 5.32 Å². The average molecular weight is 209 g/mol. The highest BCUT2D eigenvalue weighted by atomic mass is 16.4. The van der Waals surface area contributed by atoms with Gasteiger partial charge in [0.05, 0.1) is 13.0 Å². The van der Waals surface area contributed by atoms with Gasteiger partial charge in [0.25, 0.3) is 0 Å². The molecule has 0 atom stereocenters. The number of aliphatic hydroxyl groups is 1. The third-order valence-electron chi connectivity index (χ3n) is 2.06. The second-order valence-corrected chi connectivity index (χ2v) is 3.24. The van der Waals surface area contributed by atoms with Gasteiger partial charge in [-0.1, -0.05) is 24.3 Å². The summed E-state index contributed by atoms with van der Waals surface area (Å²) < 4.78 is 0. The molecule has 0 fully saturated rings. The second kappa shape index (κ2) is 6.16. The zero-order valence-electron chi connectivity index (χ0n) is 8.44. The van der Waals surface area contributed by atoms with Crippen molar-refractivity contribution in [2.45, 2.75) is 13.0 Å². The maximum atomic E-state index is 10.6. The lowest BCUT2D eigenvalue weighted by molar-refractivity contribution is -0.136. The molecule has 0 bridgehead atoms. The summed E-state index contributed by atoms with van der Waals surface area (Å²) in [6.07, 6.45) is 0.0387. The molecule has 0 radical (unpaired) electrons. The third kappa shape index (κ3) is 4.10. The minimum absolute atomic E-state index is 0.0387. The van der Waals surface area contributed by atoms with Crippen LogP contribution in [0.2, 0.25) is 0 Å². The first-order chi connectivity index (χ1) is 7.24. The van der Waals surface area contributed by atoms with E-state index in [0.717, 1.165) is 11.1 Å². The summed E-state index contributed by atoms with van der Waals surface area (Å²) in [6.45, 7) is 1.19. The maximum Gasteiger partial charge on any atom is 0.307 e. The van der Waals surface area contributed by atoms with Gasteiger partial charge in [-0.05, 0) is 11.1 Å². The van der Waals surface area contributed by atoms with Crippen molar-refractivity contribution < 1.29 is 15.0 Å². The molecular weight excluding hydrogens is 194 g/mol. The van der Waals surface area contributed by atoms with Crippen LogP contribution >= 0.6 is 0 Å². The molecule has 0 aromatic heterocycles. The number of nitrogens with one attached hydrogen (secondary N) is 1. The van der Waals surface area contributed by atoms with E-state index in [4.69, 9.17) is 10.2 Å². The van der Waals surface area contributed by atoms with Crippen LogP contribution in [0.3, 0.4) is 0 Å². The first kappa shape index (κ1) is 11.7. The molecule has 0 aliphatic rings. The number of aliphatic carboxylic acids is 1. The summed E-state index contributed by atoms with van der Waals surface area (Å²) in [7, 11) is 0. The Morgan fingerprint density at radius 2 is 1.93 bits per heavy atom. The predicted octanol–water partition coefficient (Wildman–Crippen LogP) is 0.396. The van der Waals surface area contributed by atoms with Gasteiger partial charge in [-0.15, -0.1) is 0 Å². The van der Waals surface area contributed by atoms with Crippen molar-refractivity contribution in [1.82, 2.24) is 5.32 Å². The molecule has 4 nitrogen and oxygen atoms in total. The number of hydrogen-bond donors (Lipinski definition) is 3. The monoisotopic (exact) mass is 209 g/mol. The molecule has 0 amide bonds. The van der Waals surface area contributed by atoms with Gasteiger partial charge in [0.2, 0.25) is 0 Å². The van der Waals surface area contributed by atoms with Crippen LogP contribution in [0.25, 0.3) is 0 Å². The van der Waals surface area contributed by atoms with Crippen molar-refractivity contribution in [3.63, 3.8) is 0 Å². The van der Waals surface area contributed by atoms with Crippen molar-refractivity contribution in [1.29, 1.82) is 0 Å². The quantitative estimate of drug-likeness (QED) is 0.593. The Labute approximate surface area is 88.6 Å². The molecular formula is C11H15NO3. The van der Waals surface area contributed by atoms with Gasteiger partial charge in [-0.25, -0.2) is 0 Å². The molecule has 3 N–H and O–H groups in total. The molecule has 15 heavy (non-hydrogen) atoms. The summed E-state index contributed by atoms with van der Waals surface area (Å²) in [6, 6.07) is 7.40. The highest BCUT2D eigenvalue weighted by Gasteiger charge is 2.05. The summed E-state index contributed by atoms with van der Waals surface area (Å²) >= 11 is 0. The minimum Gasteiger partial charge on any atom is -0.481 e. The molecule has 0 aliphatic heterocycles. The number of carboxylic acid groups (broad SMARTS) is 1. The molecule has 4 heteroatoms. The van der Waals surface area contributed by atoms with Gasteiger partial charge in [0, 0.05) is 13.1 Å². The molecule has 0 unspecified atom stereocenters. The Morgan fingerprint density at radius 1 is 1.27 bits per heavy atom. The largest absolute Gasteiger partial charge is 0.481 e. The van der Waals surface area contributed by atoms with Gasteiger partial charge >= 0.3 is 5.97 Å². The molecule has 1 aromatic carbocycles. The summed E-state index contributed by atoms with van der Waals surface area (Å²) in [5.41, 5.74) is 1.78. The van der Waals surface area contributed by atoms with Gasteiger partial charge in [0.1, 0.15) is 0 Å². The van der Waals surface area contributed by atoms with Crippen molar-refractivity contribution in [3.8, 4) is 0 Å². The van der Waals surface area contributed by atoms with Gasteiger partial charge in [-0.2, -0.15) is 0 Å². The standard InChI is InChI=1S/C11H15NO3/c13-6-5-12-8-10-4-2-1-3-9(10)7-11(14)15/h1-4,12-13H,5-8H2,(H,14,15). The van der Waals surface area contributed by atoms with E-state index in [-0.39, 0.29) is 13.0 Å². The molecule has 1 rings (SSSR count). The lowest BCUT2D eigenvalue weighted by Crippen LogP contribution is -2.18. The Kier molecular flexibility index (Phi) is 4.80. The zero-order chi connectivity index (χ0) is 11.1. The number of rotatable bonds is 6. The van der Waals surface area contributed by atoms with E-state index in [9.17, 15) is 4.79 Å². The Hall–Kier alpha value is -1.39. The molecule has 0 spiro atoms. The molecule has 0 saturated heterocycles. The SMILES string of the molecule is O=C(O)Cc1ccccc1CNCCO. The van der Waals surface area contributed by atoms with Crippen molar-refractivity contribution in [2.75, 3.05) is 13.2 Å². The van der Waals surface area contributed by atoms with E-state index in [1.54, 1.807) is 0 Å². The summed E-state index contributed by atoms with van der Waals surface area (Å²) in [4.78, 5) is 10.6. The Morgan fingerprint density at radius 3 is 2.53 bits per heavy atom. The van der Waals surface area contributed by atoms with Gasteiger partial charge in [-0.3, -0.25) is 4.79 Å². The van der Waals surface area contributed by atoms with Crippen molar-refractivity contribution in [3.05, 3.63) is 35.4 Å². The number of hydrogen-bond acceptors (Lipinski definition) is 3. The Balaban J connectivity index is 2.64. The summed E-state index contributed by atoms with van der Waals surface area (Å²) in [5, 5.41) is 20.3. The van der Waals surface area contributed by atoms with Crippen LogP contribution in [-0.4, -0.2) is 29.3 Å². The first-order valence-corrected chi connectivity index (χ1v) is 4.84. The lowest BCUT2D eigenvalue weighted by atomic mass is 10.0. The summed E-state index contributed by atoms with van der Waals surface area (Å²) in [5.74, 6) is -0.829. The normalized spacial score (nSPS) is 10.2. The Bertz CT molecular complexity index is 325. The number of carboxylic acids is 1. The maximum absolute atomic E-state index is 10.6. The van der Waals surface area contributed by atoms with Crippen LogP contribution in [0.4, 0.5) is 0 Å². The topological polar surface area (TPSA) is 69.6 Å². The fraction of sp³-hybridized carbons (Fsp3) is 0.364. The van der Waals surface area contributed by atoms with E-state index < -0.39 is 5.97 Å².